The fourth-order valence-electron chi connectivity index (χ4n) is 1.30. The number of primary amides is 1. The maximum atomic E-state index is 12.0. The molecule has 8 heteroatoms. The van der Waals surface area contributed by atoms with Crippen molar-refractivity contribution in [2.75, 3.05) is 5.32 Å². The molecule has 0 aliphatic heterocycles. The van der Waals surface area contributed by atoms with Crippen LogP contribution in [0.3, 0.4) is 0 Å². The van der Waals surface area contributed by atoms with E-state index in [0.717, 1.165) is 11.3 Å². The SMILES string of the molecule is CC.CC(=O)OC(C)(C)C(=O)Nc1sc(Cl)cc1C(N)=O. The van der Waals surface area contributed by atoms with Crippen LogP contribution in [0.1, 0.15) is 45.0 Å². The second-order valence-electron chi connectivity index (χ2n) is 4.22. The van der Waals surface area contributed by atoms with E-state index in [1.807, 2.05) is 13.8 Å². The van der Waals surface area contributed by atoms with Gasteiger partial charge >= 0.3 is 5.97 Å². The van der Waals surface area contributed by atoms with Crippen LogP contribution in [0.2, 0.25) is 4.34 Å². The van der Waals surface area contributed by atoms with Crippen LogP contribution in [0.5, 0.6) is 0 Å². The van der Waals surface area contributed by atoms with Gasteiger partial charge in [-0.05, 0) is 19.9 Å². The van der Waals surface area contributed by atoms with Crippen molar-refractivity contribution in [1.82, 2.24) is 0 Å². The lowest BCUT2D eigenvalue weighted by Gasteiger charge is -2.22. The van der Waals surface area contributed by atoms with E-state index in [1.165, 1.54) is 26.8 Å². The van der Waals surface area contributed by atoms with Gasteiger partial charge in [0.15, 0.2) is 5.60 Å². The maximum Gasteiger partial charge on any atom is 0.303 e. The van der Waals surface area contributed by atoms with Crippen LogP contribution in [-0.4, -0.2) is 23.4 Å². The molecule has 0 bridgehead atoms. The molecule has 0 unspecified atom stereocenters. The largest absolute Gasteiger partial charge is 0.450 e. The minimum atomic E-state index is -1.36. The molecular formula is C13H19ClN2O4S. The van der Waals surface area contributed by atoms with Crippen LogP contribution in [0.25, 0.3) is 0 Å². The highest BCUT2D eigenvalue weighted by Gasteiger charge is 2.32. The van der Waals surface area contributed by atoms with Crippen LogP contribution < -0.4 is 11.1 Å². The van der Waals surface area contributed by atoms with E-state index in [0.29, 0.717) is 4.34 Å². The van der Waals surface area contributed by atoms with Crippen LogP contribution in [0.4, 0.5) is 5.00 Å². The van der Waals surface area contributed by atoms with Gasteiger partial charge in [0.1, 0.15) is 5.00 Å². The van der Waals surface area contributed by atoms with Crippen molar-refractivity contribution in [3.63, 3.8) is 0 Å². The van der Waals surface area contributed by atoms with E-state index in [4.69, 9.17) is 22.1 Å². The van der Waals surface area contributed by atoms with Crippen molar-refractivity contribution in [2.24, 2.45) is 5.73 Å². The minimum absolute atomic E-state index is 0.113. The third kappa shape index (κ3) is 5.73. The van der Waals surface area contributed by atoms with Crippen molar-refractivity contribution in [3.05, 3.63) is 16.0 Å². The summed E-state index contributed by atoms with van der Waals surface area (Å²) in [6.07, 6.45) is 0. The molecule has 118 valence electrons. The molecule has 0 saturated carbocycles. The van der Waals surface area contributed by atoms with Crippen LogP contribution >= 0.6 is 22.9 Å². The quantitative estimate of drug-likeness (QED) is 0.827. The molecule has 2 amide bonds. The summed E-state index contributed by atoms with van der Waals surface area (Å²) in [7, 11) is 0. The Morgan fingerprint density at radius 1 is 1.33 bits per heavy atom. The highest BCUT2D eigenvalue weighted by Crippen LogP contribution is 2.32. The van der Waals surface area contributed by atoms with E-state index in [-0.39, 0.29) is 10.6 Å². The predicted molar refractivity (Wildman–Crippen MR) is 83.7 cm³/mol. The van der Waals surface area contributed by atoms with E-state index in [9.17, 15) is 14.4 Å². The molecule has 0 aliphatic carbocycles. The molecule has 0 fully saturated rings. The summed E-state index contributed by atoms with van der Waals surface area (Å²) in [6, 6.07) is 1.36. The van der Waals surface area contributed by atoms with Gasteiger partial charge in [-0.1, -0.05) is 25.4 Å². The number of anilines is 1. The number of nitrogens with two attached hydrogens (primary N) is 1. The Hall–Kier alpha value is -1.60. The molecule has 1 rings (SSSR count). The summed E-state index contributed by atoms with van der Waals surface area (Å²) < 4.78 is 5.20. The maximum absolute atomic E-state index is 12.0. The number of hydrogen-bond donors (Lipinski definition) is 2. The van der Waals surface area contributed by atoms with Crippen molar-refractivity contribution in [3.8, 4) is 0 Å². The zero-order chi connectivity index (χ0) is 16.8. The highest BCUT2D eigenvalue weighted by molar-refractivity contribution is 7.20. The third-order valence-electron chi connectivity index (χ3n) is 2.14. The van der Waals surface area contributed by atoms with E-state index in [1.54, 1.807) is 0 Å². The Balaban J connectivity index is 0.00000191. The van der Waals surface area contributed by atoms with Gasteiger partial charge in [0.05, 0.1) is 9.90 Å². The molecule has 1 heterocycles. The number of rotatable bonds is 4. The van der Waals surface area contributed by atoms with Gasteiger partial charge in [0.25, 0.3) is 11.8 Å². The van der Waals surface area contributed by atoms with Gasteiger partial charge in [-0.2, -0.15) is 0 Å². The standard InChI is InChI=1S/C11H13ClN2O4S.C2H6/c1-5(15)18-11(2,3)10(17)14-9-6(8(13)16)4-7(12)19-9;1-2/h4H,1-3H3,(H2,13,16)(H,14,17);1-2H3. The highest BCUT2D eigenvalue weighted by atomic mass is 35.5. The third-order valence-corrected chi connectivity index (χ3v) is 3.32. The Morgan fingerprint density at radius 2 is 1.86 bits per heavy atom. The zero-order valence-corrected chi connectivity index (χ0v) is 14.1. The van der Waals surface area contributed by atoms with Crippen LogP contribution in [0, 0.1) is 0 Å². The number of ether oxygens (including phenoxy) is 1. The summed E-state index contributed by atoms with van der Waals surface area (Å²) in [5.41, 5.74) is 3.91. The number of hydrogen-bond acceptors (Lipinski definition) is 5. The Bertz CT molecular complexity index is 540. The van der Waals surface area contributed by atoms with Gasteiger partial charge in [0.2, 0.25) is 0 Å². The summed E-state index contributed by atoms with van der Waals surface area (Å²) in [4.78, 5) is 34.1. The molecule has 0 aliphatic rings. The van der Waals surface area contributed by atoms with Gasteiger partial charge in [-0.25, -0.2) is 0 Å². The number of amides is 2. The monoisotopic (exact) mass is 334 g/mol. The smallest absolute Gasteiger partial charge is 0.303 e. The lowest BCUT2D eigenvalue weighted by molar-refractivity contribution is -0.160. The van der Waals surface area contributed by atoms with Gasteiger partial charge in [-0.15, -0.1) is 11.3 Å². The summed E-state index contributed by atoms with van der Waals surface area (Å²) in [6.45, 7) is 8.07. The average Bonchev–Trinajstić information content (AvgIpc) is 2.71. The molecule has 3 N–H and O–H groups in total. The first-order valence-electron chi connectivity index (χ1n) is 6.23. The fourth-order valence-corrected chi connectivity index (χ4v) is 2.42. The van der Waals surface area contributed by atoms with Crippen molar-refractivity contribution < 1.29 is 19.1 Å². The molecule has 6 nitrogen and oxygen atoms in total. The fraction of sp³-hybridized carbons (Fsp3) is 0.462. The molecule has 0 atom stereocenters. The van der Waals surface area contributed by atoms with Crippen LogP contribution in [-0.2, 0) is 14.3 Å². The second-order valence-corrected chi connectivity index (χ2v) is 5.90. The first-order chi connectivity index (χ1) is 9.63. The van der Waals surface area contributed by atoms with E-state index >= 15 is 0 Å². The normalized spacial score (nSPS) is 10.2. The zero-order valence-electron chi connectivity index (χ0n) is 12.6. The van der Waals surface area contributed by atoms with Gasteiger partial charge in [-0.3, -0.25) is 14.4 Å². The van der Waals surface area contributed by atoms with E-state index < -0.39 is 23.4 Å². The molecule has 0 spiro atoms. The lowest BCUT2D eigenvalue weighted by Crippen LogP contribution is -2.41. The molecule has 0 radical (unpaired) electrons. The first kappa shape index (κ1) is 19.4. The summed E-state index contributed by atoms with van der Waals surface area (Å²) >= 11 is 6.76. The van der Waals surface area contributed by atoms with E-state index in [2.05, 4.69) is 5.32 Å². The van der Waals surface area contributed by atoms with Crippen molar-refractivity contribution >= 4 is 45.7 Å². The van der Waals surface area contributed by atoms with Gasteiger partial charge < -0.3 is 15.8 Å². The number of carbonyl (C=O) groups excluding carboxylic acids is 3. The van der Waals surface area contributed by atoms with Crippen molar-refractivity contribution in [1.29, 1.82) is 0 Å². The van der Waals surface area contributed by atoms with Crippen molar-refractivity contribution in [2.45, 2.75) is 40.2 Å². The average molecular weight is 335 g/mol. The lowest BCUT2D eigenvalue weighted by atomic mass is 10.1. The number of carbonyl (C=O) groups is 3. The molecule has 0 aromatic carbocycles. The predicted octanol–water partition coefficient (Wildman–Crippen LogP) is 2.81. The molecule has 1 aromatic heterocycles. The molecule has 1 aromatic rings. The van der Waals surface area contributed by atoms with Gasteiger partial charge in [0, 0.05) is 6.92 Å². The number of halogens is 1. The molecule has 21 heavy (non-hydrogen) atoms. The topological polar surface area (TPSA) is 98.5 Å². The minimum Gasteiger partial charge on any atom is -0.450 e. The Kier molecular flexibility index (Phi) is 7.38. The molecular weight excluding hydrogens is 316 g/mol. The summed E-state index contributed by atoms with van der Waals surface area (Å²) in [5, 5.41) is 2.70. The first-order valence-corrected chi connectivity index (χ1v) is 7.43. The number of thiophene rings is 1. The molecule has 0 saturated heterocycles. The number of nitrogens with one attached hydrogen (secondary N) is 1. The van der Waals surface area contributed by atoms with Crippen LogP contribution in [0.15, 0.2) is 6.07 Å². The summed E-state index contributed by atoms with van der Waals surface area (Å²) in [5.74, 6) is -1.87. The number of esters is 1. The Morgan fingerprint density at radius 3 is 2.29 bits per heavy atom. The second kappa shape index (κ2) is 7.99. The Labute approximate surface area is 132 Å².